The van der Waals surface area contributed by atoms with Crippen LogP contribution in [0, 0.1) is 0 Å². The van der Waals surface area contributed by atoms with Crippen LogP contribution in [0.5, 0.6) is 0 Å². The van der Waals surface area contributed by atoms with E-state index in [4.69, 9.17) is 5.73 Å². The average Bonchev–Trinajstić information content (AvgIpc) is 2.02. The van der Waals surface area contributed by atoms with Gasteiger partial charge in [-0.1, -0.05) is 19.3 Å². The molecule has 0 aliphatic heterocycles. The highest BCUT2D eigenvalue weighted by Crippen LogP contribution is 2.25. The Kier molecular flexibility index (Phi) is 3.78. The lowest BCUT2D eigenvalue weighted by atomic mass is 9.82. The van der Waals surface area contributed by atoms with Crippen LogP contribution in [0.25, 0.3) is 0 Å². The summed E-state index contributed by atoms with van der Waals surface area (Å²) in [6, 6.07) is 0. The molecule has 0 heterocycles. The van der Waals surface area contributed by atoms with Crippen molar-refractivity contribution in [1.82, 2.24) is 5.32 Å². The van der Waals surface area contributed by atoms with Gasteiger partial charge in [0.15, 0.2) is 0 Å². The van der Waals surface area contributed by atoms with Gasteiger partial charge in [0, 0.05) is 12.1 Å². The minimum atomic E-state index is -4.13. The molecular formula is C9H17F3N2. The lowest BCUT2D eigenvalue weighted by Crippen LogP contribution is -2.51. The van der Waals surface area contributed by atoms with Gasteiger partial charge in [-0.2, -0.15) is 13.2 Å². The zero-order valence-electron chi connectivity index (χ0n) is 8.16. The number of nitrogens with two attached hydrogens (primary N) is 1. The van der Waals surface area contributed by atoms with Gasteiger partial charge in [-0.15, -0.1) is 0 Å². The minimum Gasteiger partial charge on any atom is -0.324 e. The fraction of sp³-hybridized carbons (Fsp3) is 1.00. The van der Waals surface area contributed by atoms with Crippen molar-refractivity contribution in [2.75, 3.05) is 13.1 Å². The third-order valence-electron chi connectivity index (χ3n) is 2.65. The van der Waals surface area contributed by atoms with Crippen molar-refractivity contribution in [2.45, 2.75) is 43.8 Å². The number of nitrogens with one attached hydrogen (secondary N) is 1. The predicted molar refractivity (Wildman–Crippen MR) is 48.9 cm³/mol. The Balaban J connectivity index is 2.22. The van der Waals surface area contributed by atoms with Gasteiger partial charge < -0.3 is 11.1 Å². The maximum absolute atomic E-state index is 11.8. The summed E-state index contributed by atoms with van der Waals surface area (Å²) in [5, 5.41) is 2.39. The number of rotatable bonds is 3. The first-order chi connectivity index (χ1) is 6.41. The van der Waals surface area contributed by atoms with Gasteiger partial charge in [-0.25, -0.2) is 0 Å². The molecule has 1 saturated carbocycles. The summed E-state index contributed by atoms with van der Waals surface area (Å²) >= 11 is 0. The van der Waals surface area contributed by atoms with Crippen molar-refractivity contribution in [3.63, 3.8) is 0 Å². The summed E-state index contributed by atoms with van der Waals surface area (Å²) in [6.45, 7) is -0.668. The molecule has 0 aromatic carbocycles. The number of hydrogen-bond donors (Lipinski definition) is 2. The quantitative estimate of drug-likeness (QED) is 0.745. The van der Waals surface area contributed by atoms with Crippen LogP contribution >= 0.6 is 0 Å². The lowest BCUT2D eigenvalue weighted by molar-refractivity contribution is -0.125. The Bertz CT molecular complexity index is 173. The summed E-state index contributed by atoms with van der Waals surface area (Å²) < 4.78 is 35.5. The first-order valence-electron chi connectivity index (χ1n) is 4.98. The summed E-state index contributed by atoms with van der Waals surface area (Å²) in [5.74, 6) is 0. The highest BCUT2D eigenvalue weighted by Gasteiger charge is 2.30. The van der Waals surface area contributed by atoms with Crippen LogP contribution in [0.15, 0.2) is 0 Å². The van der Waals surface area contributed by atoms with Crippen LogP contribution in [0.2, 0.25) is 0 Å². The van der Waals surface area contributed by atoms with Gasteiger partial charge in [0.25, 0.3) is 0 Å². The molecule has 84 valence electrons. The van der Waals surface area contributed by atoms with Gasteiger partial charge in [0.2, 0.25) is 0 Å². The SMILES string of the molecule is NC1(CNCC(F)(F)F)CCCCC1. The maximum atomic E-state index is 11.8. The average molecular weight is 210 g/mol. The zero-order chi connectivity index (χ0) is 10.7. The largest absolute Gasteiger partial charge is 0.401 e. The van der Waals surface area contributed by atoms with E-state index >= 15 is 0 Å². The molecule has 0 radical (unpaired) electrons. The summed E-state index contributed by atoms with van der Waals surface area (Å²) in [5.41, 5.74) is 5.55. The smallest absolute Gasteiger partial charge is 0.324 e. The molecule has 0 unspecified atom stereocenters. The Morgan fingerprint density at radius 3 is 2.21 bits per heavy atom. The van der Waals surface area contributed by atoms with E-state index in [9.17, 15) is 13.2 Å². The Hall–Kier alpha value is -0.290. The first kappa shape index (κ1) is 11.8. The molecule has 1 aliphatic carbocycles. The Morgan fingerprint density at radius 2 is 1.71 bits per heavy atom. The summed E-state index contributed by atoms with van der Waals surface area (Å²) in [4.78, 5) is 0. The zero-order valence-corrected chi connectivity index (χ0v) is 8.16. The fourth-order valence-corrected chi connectivity index (χ4v) is 1.89. The van der Waals surface area contributed by atoms with Crippen molar-refractivity contribution in [1.29, 1.82) is 0 Å². The van der Waals surface area contributed by atoms with Gasteiger partial charge in [0.05, 0.1) is 6.54 Å². The molecule has 14 heavy (non-hydrogen) atoms. The highest BCUT2D eigenvalue weighted by molar-refractivity contribution is 4.89. The molecule has 3 N–H and O–H groups in total. The van der Waals surface area contributed by atoms with E-state index in [1.165, 1.54) is 0 Å². The maximum Gasteiger partial charge on any atom is 0.401 e. The van der Waals surface area contributed by atoms with Crippen molar-refractivity contribution in [2.24, 2.45) is 5.73 Å². The molecular weight excluding hydrogens is 193 g/mol. The van der Waals surface area contributed by atoms with Crippen LogP contribution in [-0.2, 0) is 0 Å². The van der Waals surface area contributed by atoms with Crippen LogP contribution in [-0.4, -0.2) is 24.8 Å². The first-order valence-corrected chi connectivity index (χ1v) is 4.98. The van der Waals surface area contributed by atoms with Gasteiger partial charge >= 0.3 is 6.18 Å². The second-order valence-electron chi connectivity index (χ2n) is 4.14. The predicted octanol–water partition coefficient (Wildman–Crippen LogP) is 1.80. The Labute approximate surface area is 82.0 Å². The van der Waals surface area contributed by atoms with E-state index in [0.717, 1.165) is 32.1 Å². The number of alkyl halides is 3. The minimum absolute atomic E-state index is 0.270. The van der Waals surface area contributed by atoms with E-state index < -0.39 is 18.3 Å². The van der Waals surface area contributed by atoms with Crippen LogP contribution < -0.4 is 11.1 Å². The molecule has 1 fully saturated rings. The van der Waals surface area contributed by atoms with Crippen molar-refractivity contribution in [3.8, 4) is 0 Å². The van der Waals surface area contributed by atoms with Gasteiger partial charge in [-0.05, 0) is 12.8 Å². The second-order valence-corrected chi connectivity index (χ2v) is 4.14. The van der Waals surface area contributed by atoms with Crippen LogP contribution in [0.4, 0.5) is 13.2 Å². The van der Waals surface area contributed by atoms with E-state index in [1.807, 2.05) is 0 Å². The van der Waals surface area contributed by atoms with Crippen LogP contribution in [0.3, 0.4) is 0 Å². The summed E-state index contributed by atoms with van der Waals surface area (Å²) in [6.07, 6.45) is 0.743. The molecule has 0 bridgehead atoms. The van der Waals surface area contributed by atoms with E-state index in [0.29, 0.717) is 0 Å². The van der Waals surface area contributed by atoms with Gasteiger partial charge in [-0.3, -0.25) is 0 Å². The highest BCUT2D eigenvalue weighted by atomic mass is 19.4. The molecule has 0 aromatic rings. The van der Waals surface area contributed by atoms with Crippen LogP contribution in [0.1, 0.15) is 32.1 Å². The molecule has 1 rings (SSSR count). The normalized spacial score (nSPS) is 22.3. The Morgan fingerprint density at radius 1 is 1.14 bits per heavy atom. The molecule has 0 amide bonds. The summed E-state index contributed by atoms with van der Waals surface area (Å²) in [7, 11) is 0. The molecule has 0 spiro atoms. The van der Waals surface area contributed by atoms with E-state index in [1.54, 1.807) is 0 Å². The molecule has 0 atom stereocenters. The van der Waals surface area contributed by atoms with Crippen molar-refractivity contribution in [3.05, 3.63) is 0 Å². The second kappa shape index (κ2) is 4.49. The number of hydrogen-bond acceptors (Lipinski definition) is 2. The van der Waals surface area contributed by atoms with Crippen molar-refractivity contribution < 1.29 is 13.2 Å². The van der Waals surface area contributed by atoms with Crippen molar-refractivity contribution >= 4 is 0 Å². The number of halogens is 3. The lowest BCUT2D eigenvalue weighted by Gasteiger charge is -2.33. The molecule has 2 nitrogen and oxygen atoms in total. The fourth-order valence-electron chi connectivity index (χ4n) is 1.89. The molecule has 1 aliphatic rings. The van der Waals surface area contributed by atoms with Gasteiger partial charge in [0.1, 0.15) is 0 Å². The standard InChI is InChI=1S/C9H17F3N2/c10-9(11,12)7-14-6-8(13)4-2-1-3-5-8/h14H,1-7,13H2. The third kappa shape index (κ3) is 4.28. The van der Waals surface area contributed by atoms with E-state index in [-0.39, 0.29) is 6.54 Å². The molecule has 0 saturated heterocycles. The molecule has 5 heteroatoms. The topological polar surface area (TPSA) is 38.0 Å². The molecule has 0 aromatic heterocycles. The van der Waals surface area contributed by atoms with E-state index in [2.05, 4.69) is 5.32 Å². The monoisotopic (exact) mass is 210 g/mol. The third-order valence-corrected chi connectivity index (χ3v) is 2.65.